The zero-order valence-electron chi connectivity index (χ0n) is 15.0. The van der Waals surface area contributed by atoms with Crippen LogP contribution in [0, 0.1) is 12.7 Å². The second-order valence-corrected chi connectivity index (χ2v) is 6.19. The molecule has 0 bridgehead atoms. The van der Waals surface area contributed by atoms with Gasteiger partial charge in [-0.1, -0.05) is 6.07 Å². The molecule has 0 atom stereocenters. The molecule has 0 saturated heterocycles. The lowest BCUT2D eigenvalue weighted by Crippen LogP contribution is -2.15. The second kappa shape index (κ2) is 7.51. The fraction of sp³-hybridized carbons (Fsp3) is 0.150. The van der Waals surface area contributed by atoms with Gasteiger partial charge < -0.3 is 20.1 Å². The summed E-state index contributed by atoms with van der Waals surface area (Å²) in [6.07, 6.45) is 0. The van der Waals surface area contributed by atoms with E-state index in [2.05, 4.69) is 20.6 Å². The molecule has 142 valence electrons. The van der Waals surface area contributed by atoms with Gasteiger partial charge in [-0.25, -0.2) is 14.4 Å². The molecular formula is C20H17FN4O3. The molecule has 1 amide bonds. The standard InChI is InChI=1S/C20H17FN4O3/c1-12-23-16(20(26)25-15-5-3-14(21)4-6-15)9-19(24-12)22-10-13-2-7-17-18(8-13)28-11-27-17/h2-9H,10-11H2,1H3,(H,25,26)(H,22,23,24). The molecule has 28 heavy (non-hydrogen) atoms. The number of aromatic nitrogens is 2. The Morgan fingerprint density at radius 2 is 1.86 bits per heavy atom. The van der Waals surface area contributed by atoms with Crippen molar-refractivity contribution in [2.45, 2.75) is 13.5 Å². The van der Waals surface area contributed by atoms with Gasteiger partial charge in [0.05, 0.1) is 0 Å². The van der Waals surface area contributed by atoms with Crippen LogP contribution in [0.2, 0.25) is 0 Å². The van der Waals surface area contributed by atoms with Crippen molar-refractivity contribution in [3.05, 3.63) is 71.4 Å². The van der Waals surface area contributed by atoms with Crippen LogP contribution in [0.5, 0.6) is 11.5 Å². The Morgan fingerprint density at radius 1 is 1.07 bits per heavy atom. The Morgan fingerprint density at radius 3 is 2.68 bits per heavy atom. The van der Waals surface area contributed by atoms with Crippen molar-refractivity contribution in [3.8, 4) is 11.5 Å². The van der Waals surface area contributed by atoms with E-state index in [1.165, 1.54) is 24.3 Å². The van der Waals surface area contributed by atoms with E-state index in [0.29, 0.717) is 29.6 Å². The van der Waals surface area contributed by atoms with Crippen LogP contribution in [0.25, 0.3) is 0 Å². The van der Waals surface area contributed by atoms with E-state index in [9.17, 15) is 9.18 Å². The molecule has 0 saturated carbocycles. The maximum Gasteiger partial charge on any atom is 0.274 e. The summed E-state index contributed by atoms with van der Waals surface area (Å²) in [6, 6.07) is 12.8. The van der Waals surface area contributed by atoms with E-state index >= 15 is 0 Å². The minimum Gasteiger partial charge on any atom is -0.454 e. The molecule has 7 nitrogen and oxygen atoms in total. The van der Waals surface area contributed by atoms with E-state index < -0.39 is 5.91 Å². The smallest absolute Gasteiger partial charge is 0.274 e. The molecule has 0 spiro atoms. The normalized spacial score (nSPS) is 11.9. The third-order valence-corrected chi connectivity index (χ3v) is 4.08. The molecule has 1 aromatic heterocycles. The number of carbonyl (C=O) groups excluding carboxylic acids is 1. The average Bonchev–Trinajstić information content (AvgIpc) is 3.15. The molecule has 0 radical (unpaired) electrons. The molecule has 1 aliphatic heterocycles. The van der Waals surface area contributed by atoms with Gasteiger partial charge in [-0.3, -0.25) is 4.79 Å². The summed E-state index contributed by atoms with van der Waals surface area (Å²) < 4.78 is 23.7. The summed E-state index contributed by atoms with van der Waals surface area (Å²) in [6.45, 7) is 2.43. The van der Waals surface area contributed by atoms with Crippen molar-refractivity contribution in [2.75, 3.05) is 17.4 Å². The zero-order valence-corrected chi connectivity index (χ0v) is 15.0. The maximum absolute atomic E-state index is 13.0. The lowest BCUT2D eigenvalue weighted by atomic mass is 10.2. The summed E-state index contributed by atoms with van der Waals surface area (Å²) in [5, 5.41) is 5.87. The molecule has 4 rings (SSSR count). The first-order valence-corrected chi connectivity index (χ1v) is 8.62. The molecule has 8 heteroatoms. The number of nitrogens with one attached hydrogen (secondary N) is 2. The average molecular weight is 380 g/mol. The number of hydrogen-bond donors (Lipinski definition) is 2. The maximum atomic E-state index is 13.0. The highest BCUT2D eigenvalue weighted by atomic mass is 19.1. The topological polar surface area (TPSA) is 85.4 Å². The Bertz CT molecular complexity index is 1020. The number of anilines is 2. The van der Waals surface area contributed by atoms with Gasteiger partial charge in [-0.2, -0.15) is 0 Å². The van der Waals surface area contributed by atoms with Crippen LogP contribution in [0.4, 0.5) is 15.9 Å². The van der Waals surface area contributed by atoms with Crippen LogP contribution in [-0.4, -0.2) is 22.7 Å². The van der Waals surface area contributed by atoms with E-state index in [-0.39, 0.29) is 18.3 Å². The van der Waals surface area contributed by atoms with E-state index in [1.54, 1.807) is 13.0 Å². The number of aryl methyl sites for hydroxylation is 1. The highest BCUT2D eigenvalue weighted by Gasteiger charge is 2.14. The predicted molar refractivity (Wildman–Crippen MR) is 101 cm³/mol. The summed E-state index contributed by atoms with van der Waals surface area (Å²) >= 11 is 0. The number of carbonyl (C=O) groups is 1. The molecule has 0 unspecified atom stereocenters. The van der Waals surface area contributed by atoms with Gasteiger partial charge in [0.15, 0.2) is 11.5 Å². The summed E-state index contributed by atoms with van der Waals surface area (Å²) in [5.74, 6) is 1.64. The zero-order chi connectivity index (χ0) is 19.5. The first-order chi connectivity index (χ1) is 13.6. The van der Waals surface area contributed by atoms with Gasteiger partial charge in [0.25, 0.3) is 5.91 Å². The third kappa shape index (κ3) is 4.01. The lowest BCUT2D eigenvalue weighted by Gasteiger charge is -2.10. The monoisotopic (exact) mass is 380 g/mol. The van der Waals surface area contributed by atoms with Crippen molar-refractivity contribution < 1.29 is 18.7 Å². The summed E-state index contributed by atoms with van der Waals surface area (Å²) in [7, 11) is 0. The second-order valence-electron chi connectivity index (χ2n) is 6.19. The number of halogens is 1. The van der Waals surface area contributed by atoms with Gasteiger partial charge in [0.2, 0.25) is 6.79 Å². The van der Waals surface area contributed by atoms with Crippen LogP contribution in [0.3, 0.4) is 0 Å². The van der Waals surface area contributed by atoms with Crippen LogP contribution in [0.15, 0.2) is 48.5 Å². The SMILES string of the molecule is Cc1nc(NCc2ccc3c(c2)OCO3)cc(C(=O)Nc2ccc(F)cc2)n1. The minimum absolute atomic E-state index is 0.213. The number of nitrogens with zero attached hydrogens (tertiary/aromatic N) is 2. The third-order valence-electron chi connectivity index (χ3n) is 4.08. The van der Waals surface area contributed by atoms with Gasteiger partial charge in [0.1, 0.15) is 23.2 Å². The van der Waals surface area contributed by atoms with Crippen molar-refractivity contribution in [3.63, 3.8) is 0 Å². The number of rotatable bonds is 5. The minimum atomic E-state index is -0.400. The molecule has 2 N–H and O–H groups in total. The van der Waals surface area contributed by atoms with E-state index in [0.717, 1.165) is 11.3 Å². The van der Waals surface area contributed by atoms with Crippen molar-refractivity contribution >= 4 is 17.4 Å². The fourth-order valence-electron chi connectivity index (χ4n) is 2.75. The van der Waals surface area contributed by atoms with Crippen molar-refractivity contribution in [1.29, 1.82) is 0 Å². The Kier molecular flexibility index (Phi) is 4.76. The number of amides is 1. The molecule has 0 fully saturated rings. The summed E-state index contributed by atoms with van der Waals surface area (Å²) in [4.78, 5) is 20.9. The van der Waals surface area contributed by atoms with Crippen molar-refractivity contribution in [1.82, 2.24) is 9.97 Å². The van der Waals surface area contributed by atoms with Crippen LogP contribution in [0.1, 0.15) is 21.9 Å². The number of hydrogen-bond acceptors (Lipinski definition) is 6. The highest BCUT2D eigenvalue weighted by Crippen LogP contribution is 2.32. The summed E-state index contributed by atoms with van der Waals surface area (Å²) in [5.41, 5.74) is 1.68. The van der Waals surface area contributed by atoms with E-state index in [1.807, 2.05) is 18.2 Å². The predicted octanol–water partition coefficient (Wildman–Crippen LogP) is 3.52. The van der Waals surface area contributed by atoms with Crippen LogP contribution >= 0.6 is 0 Å². The molecule has 1 aliphatic rings. The van der Waals surface area contributed by atoms with Gasteiger partial charge in [0, 0.05) is 18.3 Å². The highest BCUT2D eigenvalue weighted by molar-refractivity contribution is 6.03. The molecule has 2 heterocycles. The molecular weight excluding hydrogens is 363 g/mol. The van der Waals surface area contributed by atoms with Crippen molar-refractivity contribution in [2.24, 2.45) is 0 Å². The number of fused-ring (bicyclic) bond motifs is 1. The quantitative estimate of drug-likeness (QED) is 0.705. The van der Waals surface area contributed by atoms with E-state index in [4.69, 9.17) is 9.47 Å². The van der Waals surface area contributed by atoms with Gasteiger partial charge >= 0.3 is 0 Å². The van der Waals surface area contributed by atoms with Crippen LogP contribution in [-0.2, 0) is 6.54 Å². The first kappa shape index (κ1) is 17.7. The Labute approximate surface area is 160 Å². The molecule has 2 aromatic carbocycles. The fourth-order valence-corrected chi connectivity index (χ4v) is 2.75. The lowest BCUT2D eigenvalue weighted by molar-refractivity contribution is 0.102. The van der Waals surface area contributed by atoms with Crippen LogP contribution < -0.4 is 20.1 Å². The Balaban J connectivity index is 1.45. The number of benzene rings is 2. The number of ether oxygens (including phenoxy) is 2. The first-order valence-electron chi connectivity index (χ1n) is 8.62. The molecule has 3 aromatic rings. The largest absolute Gasteiger partial charge is 0.454 e. The van der Waals surface area contributed by atoms with Gasteiger partial charge in [-0.15, -0.1) is 0 Å². The van der Waals surface area contributed by atoms with Gasteiger partial charge in [-0.05, 0) is 48.9 Å². The Hall–Kier alpha value is -3.68. The molecule has 0 aliphatic carbocycles.